The maximum Gasteiger partial charge on any atom is 0.409 e. The highest BCUT2D eigenvalue weighted by Crippen LogP contribution is 2.32. The van der Waals surface area contributed by atoms with Gasteiger partial charge < -0.3 is 11.1 Å². The van der Waals surface area contributed by atoms with Crippen molar-refractivity contribution in [3.8, 4) is 0 Å². The normalized spacial score (nSPS) is 14.1. The molecule has 0 unspecified atom stereocenters. The van der Waals surface area contributed by atoms with Gasteiger partial charge in [0.1, 0.15) is 5.82 Å². The molecule has 0 spiro atoms. The topological polar surface area (TPSA) is 50.9 Å². The molecule has 0 saturated heterocycles. The second-order valence-electron chi connectivity index (χ2n) is 4.62. The van der Waals surface area contributed by atoms with Crippen LogP contribution in [0.1, 0.15) is 25.3 Å². The van der Waals surface area contributed by atoms with Crippen LogP contribution in [0.5, 0.6) is 0 Å². The molecule has 3 nitrogen and oxygen atoms in total. The number of hydrogen-bond acceptors (Lipinski definition) is 3. The standard InChI is InChI=1S/C13H18F3N3/c1-8(2)10(4-5-13(14,15)16)11-6-9(18-3)7-19-12(11)17/h4-8,10,18H,1-3H3,(H2,17,19)/b5-4+/t10-/m1/s1. The van der Waals surface area contributed by atoms with E-state index in [1.54, 1.807) is 19.3 Å². The SMILES string of the molecule is CNc1cnc(N)c([C@H](/C=C/C(F)(F)F)C(C)C)c1. The number of pyridine rings is 1. The lowest BCUT2D eigenvalue weighted by Gasteiger charge is -2.20. The van der Waals surface area contributed by atoms with Gasteiger partial charge in [0.2, 0.25) is 0 Å². The summed E-state index contributed by atoms with van der Waals surface area (Å²) in [5, 5.41) is 2.90. The first-order valence-corrected chi connectivity index (χ1v) is 5.94. The second kappa shape index (κ2) is 5.95. The number of alkyl halides is 3. The van der Waals surface area contributed by atoms with Gasteiger partial charge >= 0.3 is 6.18 Å². The van der Waals surface area contributed by atoms with Crippen molar-refractivity contribution in [1.82, 2.24) is 4.98 Å². The van der Waals surface area contributed by atoms with E-state index >= 15 is 0 Å². The van der Waals surface area contributed by atoms with Crippen molar-refractivity contribution in [2.24, 2.45) is 5.92 Å². The molecule has 19 heavy (non-hydrogen) atoms. The van der Waals surface area contributed by atoms with Gasteiger partial charge in [-0.05, 0) is 12.0 Å². The largest absolute Gasteiger partial charge is 0.409 e. The van der Waals surface area contributed by atoms with E-state index in [0.717, 1.165) is 11.8 Å². The van der Waals surface area contributed by atoms with Gasteiger partial charge in [0.15, 0.2) is 0 Å². The molecule has 6 heteroatoms. The Kier molecular flexibility index (Phi) is 4.80. The molecule has 106 valence electrons. The van der Waals surface area contributed by atoms with Crippen molar-refractivity contribution >= 4 is 11.5 Å². The maximum atomic E-state index is 12.3. The second-order valence-corrected chi connectivity index (χ2v) is 4.62. The molecule has 0 saturated carbocycles. The quantitative estimate of drug-likeness (QED) is 0.825. The summed E-state index contributed by atoms with van der Waals surface area (Å²) in [7, 11) is 1.72. The number of nitrogen functional groups attached to an aromatic ring is 1. The number of anilines is 2. The smallest absolute Gasteiger partial charge is 0.387 e. The summed E-state index contributed by atoms with van der Waals surface area (Å²) >= 11 is 0. The zero-order chi connectivity index (χ0) is 14.6. The van der Waals surface area contributed by atoms with E-state index in [0.29, 0.717) is 5.56 Å². The van der Waals surface area contributed by atoms with Crippen molar-refractivity contribution in [3.05, 3.63) is 30.0 Å². The minimum absolute atomic E-state index is 0.0187. The van der Waals surface area contributed by atoms with Crippen molar-refractivity contribution < 1.29 is 13.2 Å². The van der Waals surface area contributed by atoms with Crippen molar-refractivity contribution in [2.45, 2.75) is 25.9 Å². The van der Waals surface area contributed by atoms with Crippen LogP contribution in [0.4, 0.5) is 24.7 Å². The van der Waals surface area contributed by atoms with Crippen LogP contribution in [-0.2, 0) is 0 Å². The molecule has 1 heterocycles. The molecule has 1 aromatic rings. The average molecular weight is 273 g/mol. The molecule has 1 aromatic heterocycles. The summed E-state index contributed by atoms with van der Waals surface area (Å²) in [6, 6.07) is 1.73. The third-order valence-corrected chi connectivity index (χ3v) is 2.81. The van der Waals surface area contributed by atoms with Crippen LogP contribution >= 0.6 is 0 Å². The van der Waals surface area contributed by atoms with E-state index < -0.39 is 12.1 Å². The highest BCUT2D eigenvalue weighted by Gasteiger charge is 2.25. The van der Waals surface area contributed by atoms with Gasteiger partial charge in [0.05, 0.1) is 11.9 Å². The van der Waals surface area contributed by atoms with Gasteiger partial charge in [-0.25, -0.2) is 4.98 Å². The number of rotatable bonds is 4. The third kappa shape index (κ3) is 4.46. The molecule has 0 aliphatic rings. The molecule has 0 bridgehead atoms. The molecule has 0 aromatic carbocycles. The first-order chi connectivity index (χ1) is 8.74. The fraction of sp³-hybridized carbons (Fsp3) is 0.462. The van der Waals surface area contributed by atoms with E-state index in [9.17, 15) is 13.2 Å². The zero-order valence-electron chi connectivity index (χ0n) is 11.1. The van der Waals surface area contributed by atoms with Gasteiger partial charge in [-0.1, -0.05) is 19.9 Å². The lowest BCUT2D eigenvalue weighted by Crippen LogP contribution is -2.11. The fourth-order valence-corrected chi connectivity index (χ4v) is 1.79. The first kappa shape index (κ1) is 15.3. The number of hydrogen-bond donors (Lipinski definition) is 2. The summed E-state index contributed by atoms with van der Waals surface area (Å²) in [5.41, 5.74) is 7.09. The molecule has 0 amide bonds. The minimum atomic E-state index is -4.32. The predicted molar refractivity (Wildman–Crippen MR) is 71.0 cm³/mol. The Morgan fingerprint density at radius 1 is 1.37 bits per heavy atom. The number of allylic oxidation sites excluding steroid dienone is 2. The average Bonchev–Trinajstić information content (AvgIpc) is 2.29. The number of nitrogens with zero attached hydrogens (tertiary/aromatic N) is 1. The van der Waals surface area contributed by atoms with Crippen LogP contribution in [0.15, 0.2) is 24.4 Å². The lowest BCUT2D eigenvalue weighted by atomic mass is 9.88. The van der Waals surface area contributed by atoms with E-state index in [1.165, 1.54) is 0 Å². The van der Waals surface area contributed by atoms with E-state index in [2.05, 4.69) is 10.3 Å². The van der Waals surface area contributed by atoms with E-state index in [4.69, 9.17) is 5.73 Å². The monoisotopic (exact) mass is 273 g/mol. The van der Waals surface area contributed by atoms with Gasteiger partial charge in [-0.15, -0.1) is 0 Å². The molecule has 0 radical (unpaired) electrons. The Labute approximate surface area is 110 Å². The maximum absolute atomic E-state index is 12.3. The Balaban J connectivity index is 3.16. The van der Waals surface area contributed by atoms with Gasteiger partial charge in [-0.3, -0.25) is 0 Å². The van der Waals surface area contributed by atoms with Crippen molar-refractivity contribution in [3.63, 3.8) is 0 Å². The minimum Gasteiger partial charge on any atom is -0.387 e. The zero-order valence-corrected chi connectivity index (χ0v) is 11.1. The Hall–Kier alpha value is -1.72. The van der Waals surface area contributed by atoms with Crippen LogP contribution in [0.3, 0.4) is 0 Å². The highest BCUT2D eigenvalue weighted by molar-refractivity contribution is 5.53. The number of halogens is 3. The van der Waals surface area contributed by atoms with E-state index in [1.807, 2.05) is 13.8 Å². The molecule has 0 fully saturated rings. The number of nitrogens with one attached hydrogen (secondary N) is 1. The van der Waals surface area contributed by atoms with Crippen molar-refractivity contribution in [2.75, 3.05) is 18.1 Å². The van der Waals surface area contributed by atoms with E-state index in [-0.39, 0.29) is 17.8 Å². The Bertz CT molecular complexity index is 453. The first-order valence-electron chi connectivity index (χ1n) is 5.94. The van der Waals surface area contributed by atoms with Crippen LogP contribution in [-0.4, -0.2) is 18.2 Å². The summed E-state index contributed by atoms with van der Waals surface area (Å²) in [4.78, 5) is 4.00. The summed E-state index contributed by atoms with van der Waals surface area (Å²) in [6.07, 6.45) is -1.39. The van der Waals surface area contributed by atoms with Gasteiger partial charge in [-0.2, -0.15) is 13.2 Å². The summed E-state index contributed by atoms with van der Waals surface area (Å²) in [5.74, 6) is -0.193. The summed E-state index contributed by atoms with van der Waals surface area (Å²) in [6.45, 7) is 3.69. The van der Waals surface area contributed by atoms with Crippen molar-refractivity contribution in [1.29, 1.82) is 0 Å². The van der Waals surface area contributed by atoms with Gasteiger partial charge in [0.25, 0.3) is 0 Å². The number of nitrogens with two attached hydrogens (primary N) is 1. The molecule has 3 N–H and O–H groups in total. The Morgan fingerprint density at radius 2 is 2.00 bits per heavy atom. The fourth-order valence-electron chi connectivity index (χ4n) is 1.79. The van der Waals surface area contributed by atoms with Crippen LogP contribution in [0.2, 0.25) is 0 Å². The Morgan fingerprint density at radius 3 is 2.47 bits per heavy atom. The molecule has 0 aliphatic carbocycles. The molecule has 0 aliphatic heterocycles. The lowest BCUT2D eigenvalue weighted by molar-refractivity contribution is -0.0801. The van der Waals surface area contributed by atoms with Gasteiger partial charge in [0, 0.05) is 24.6 Å². The summed E-state index contributed by atoms with van der Waals surface area (Å²) < 4.78 is 36.9. The van der Waals surface area contributed by atoms with Crippen LogP contribution in [0.25, 0.3) is 0 Å². The molecular weight excluding hydrogens is 255 g/mol. The predicted octanol–water partition coefficient (Wildman–Crippen LogP) is 3.56. The molecule has 1 atom stereocenters. The number of aromatic nitrogens is 1. The molecular formula is C13H18F3N3. The van der Waals surface area contributed by atoms with Crippen LogP contribution < -0.4 is 11.1 Å². The van der Waals surface area contributed by atoms with Crippen LogP contribution in [0, 0.1) is 5.92 Å². The third-order valence-electron chi connectivity index (χ3n) is 2.81. The highest BCUT2D eigenvalue weighted by atomic mass is 19.4. The molecule has 1 rings (SSSR count).